The van der Waals surface area contributed by atoms with Crippen molar-refractivity contribution >= 4 is 45.3 Å². The summed E-state index contributed by atoms with van der Waals surface area (Å²) in [7, 11) is 1.05. The third kappa shape index (κ3) is 2.16. The minimum Gasteiger partial charge on any atom is -0.337 e. The van der Waals surface area contributed by atoms with Gasteiger partial charge in [0.1, 0.15) is 5.82 Å². The van der Waals surface area contributed by atoms with Crippen LogP contribution in [0.3, 0.4) is 0 Å². The van der Waals surface area contributed by atoms with Crippen molar-refractivity contribution in [3.05, 3.63) is 72.8 Å². The summed E-state index contributed by atoms with van der Waals surface area (Å²) < 4.78 is 0. The zero-order valence-corrected chi connectivity index (χ0v) is 14.1. The highest BCUT2D eigenvalue weighted by atomic mass is 14.9. The van der Waals surface area contributed by atoms with Crippen molar-refractivity contribution < 1.29 is 0 Å². The van der Waals surface area contributed by atoms with Crippen LogP contribution in [-0.4, -0.2) is 17.2 Å². The van der Waals surface area contributed by atoms with Gasteiger partial charge in [-0.2, -0.15) is 0 Å². The van der Waals surface area contributed by atoms with Crippen molar-refractivity contribution in [1.82, 2.24) is 9.97 Å². The Bertz CT molecular complexity index is 1150. The molecule has 0 spiro atoms. The smallest absolute Gasteiger partial charge is 0.154 e. The number of hydrogen-bond donors (Lipinski definition) is 1. The SMILES string of the molecule is CBc1ccc(-c2nc3c4ccccc4c4ccccc4c3[nH]2)cc1. The molecule has 118 valence electrons. The Hall–Kier alpha value is -3.07. The standard InChI is InChI=1S/C22H17BN2/c1-23-15-12-10-14(11-13-15)22-24-20-18-8-4-2-6-16(18)17-7-3-5-9-19(17)21(20)25-22/h2-13,23H,1H3,(H,24,25). The lowest BCUT2D eigenvalue weighted by molar-refractivity contribution is 1.34. The molecule has 0 radical (unpaired) electrons. The van der Waals surface area contributed by atoms with Crippen molar-refractivity contribution in [1.29, 1.82) is 0 Å². The molecular formula is C22H17BN2. The Labute approximate surface area is 146 Å². The predicted molar refractivity (Wildman–Crippen MR) is 109 cm³/mol. The molecule has 0 saturated carbocycles. The maximum atomic E-state index is 4.96. The molecule has 0 aliphatic carbocycles. The van der Waals surface area contributed by atoms with E-state index in [-0.39, 0.29) is 0 Å². The van der Waals surface area contributed by atoms with Gasteiger partial charge in [0.15, 0.2) is 7.28 Å². The summed E-state index contributed by atoms with van der Waals surface area (Å²) in [6.07, 6.45) is 0. The molecule has 5 rings (SSSR count). The molecule has 1 aromatic heterocycles. The normalized spacial score (nSPS) is 11.4. The molecule has 5 aromatic rings. The monoisotopic (exact) mass is 320 g/mol. The van der Waals surface area contributed by atoms with E-state index in [1.165, 1.54) is 27.0 Å². The van der Waals surface area contributed by atoms with Crippen LogP contribution in [0.25, 0.3) is 44.0 Å². The fourth-order valence-corrected chi connectivity index (χ4v) is 3.66. The summed E-state index contributed by atoms with van der Waals surface area (Å²) in [6.45, 7) is 2.18. The summed E-state index contributed by atoms with van der Waals surface area (Å²) in [6, 6.07) is 25.7. The van der Waals surface area contributed by atoms with Gasteiger partial charge in [0.25, 0.3) is 0 Å². The Balaban J connectivity index is 1.86. The van der Waals surface area contributed by atoms with Crippen LogP contribution in [0, 0.1) is 0 Å². The number of H-pyrrole nitrogens is 1. The summed E-state index contributed by atoms with van der Waals surface area (Å²) in [5.41, 5.74) is 4.63. The lowest BCUT2D eigenvalue weighted by atomic mass is 9.73. The lowest BCUT2D eigenvalue weighted by Gasteiger charge is -2.05. The molecule has 0 atom stereocenters. The van der Waals surface area contributed by atoms with Crippen molar-refractivity contribution in [2.24, 2.45) is 0 Å². The molecule has 0 unspecified atom stereocenters. The third-order valence-electron chi connectivity index (χ3n) is 5.01. The zero-order valence-electron chi connectivity index (χ0n) is 14.1. The quantitative estimate of drug-likeness (QED) is 0.372. The number of imidazole rings is 1. The van der Waals surface area contributed by atoms with E-state index in [4.69, 9.17) is 4.98 Å². The minimum atomic E-state index is 0.930. The topological polar surface area (TPSA) is 28.7 Å². The second kappa shape index (κ2) is 5.49. The first kappa shape index (κ1) is 14.3. The van der Waals surface area contributed by atoms with E-state index in [1.807, 2.05) is 0 Å². The number of fused-ring (bicyclic) bond motifs is 6. The van der Waals surface area contributed by atoms with Gasteiger partial charge in [-0.25, -0.2) is 4.98 Å². The van der Waals surface area contributed by atoms with Gasteiger partial charge in [-0.1, -0.05) is 85.1 Å². The van der Waals surface area contributed by atoms with Crippen molar-refractivity contribution in [2.45, 2.75) is 6.82 Å². The number of aromatic amines is 1. The van der Waals surface area contributed by atoms with Gasteiger partial charge in [0, 0.05) is 16.3 Å². The van der Waals surface area contributed by atoms with E-state index >= 15 is 0 Å². The Morgan fingerprint density at radius 3 is 2.00 bits per heavy atom. The highest BCUT2D eigenvalue weighted by Crippen LogP contribution is 2.34. The van der Waals surface area contributed by atoms with Crippen molar-refractivity contribution in [3.8, 4) is 11.4 Å². The number of rotatable bonds is 2. The first-order chi connectivity index (χ1) is 12.3. The van der Waals surface area contributed by atoms with Crippen molar-refractivity contribution in [3.63, 3.8) is 0 Å². The van der Waals surface area contributed by atoms with Crippen LogP contribution >= 0.6 is 0 Å². The molecule has 2 nitrogen and oxygen atoms in total. The summed E-state index contributed by atoms with van der Waals surface area (Å²) in [5.74, 6) is 0.930. The Kier molecular flexibility index (Phi) is 3.14. The van der Waals surface area contributed by atoms with E-state index in [1.54, 1.807) is 0 Å². The van der Waals surface area contributed by atoms with Crippen LogP contribution in [0.5, 0.6) is 0 Å². The lowest BCUT2D eigenvalue weighted by Crippen LogP contribution is -2.08. The molecule has 1 heterocycles. The molecule has 1 N–H and O–H groups in total. The summed E-state index contributed by atoms with van der Waals surface area (Å²) >= 11 is 0. The van der Waals surface area contributed by atoms with E-state index < -0.39 is 0 Å². The van der Waals surface area contributed by atoms with Crippen LogP contribution in [-0.2, 0) is 0 Å². The molecule has 3 heteroatoms. The first-order valence-electron chi connectivity index (χ1n) is 8.73. The maximum Gasteiger partial charge on any atom is 0.154 e. The molecule has 0 aliphatic heterocycles. The Morgan fingerprint density at radius 2 is 1.32 bits per heavy atom. The predicted octanol–water partition coefficient (Wildman–Crippen LogP) is 4.65. The molecular weight excluding hydrogens is 303 g/mol. The minimum absolute atomic E-state index is 0.930. The number of benzene rings is 4. The zero-order chi connectivity index (χ0) is 16.8. The van der Waals surface area contributed by atoms with Gasteiger partial charge in [-0.05, 0) is 10.8 Å². The molecule has 0 saturated heterocycles. The second-order valence-corrected chi connectivity index (χ2v) is 6.45. The fraction of sp³-hybridized carbons (Fsp3) is 0.0455. The first-order valence-corrected chi connectivity index (χ1v) is 8.73. The second-order valence-electron chi connectivity index (χ2n) is 6.45. The molecule has 25 heavy (non-hydrogen) atoms. The molecule has 0 bridgehead atoms. The van der Waals surface area contributed by atoms with Gasteiger partial charge in [0.2, 0.25) is 0 Å². The van der Waals surface area contributed by atoms with Crippen molar-refractivity contribution in [2.75, 3.05) is 0 Å². The van der Waals surface area contributed by atoms with Gasteiger partial charge < -0.3 is 4.98 Å². The van der Waals surface area contributed by atoms with E-state index in [0.717, 1.165) is 29.7 Å². The third-order valence-corrected chi connectivity index (χ3v) is 5.01. The van der Waals surface area contributed by atoms with Crippen LogP contribution in [0.4, 0.5) is 0 Å². The Morgan fingerprint density at radius 1 is 0.720 bits per heavy atom. The van der Waals surface area contributed by atoms with Crippen LogP contribution < -0.4 is 5.46 Å². The van der Waals surface area contributed by atoms with E-state index in [2.05, 4.69) is 84.6 Å². The van der Waals surface area contributed by atoms with E-state index in [9.17, 15) is 0 Å². The average molecular weight is 320 g/mol. The van der Waals surface area contributed by atoms with Gasteiger partial charge in [0.05, 0.1) is 11.0 Å². The summed E-state index contributed by atoms with van der Waals surface area (Å²) in [5, 5.41) is 4.94. The van der Waals surface area contributed by atoms with Gasteiger partial charge in [-0.15, -0.1) is 0 Å². The maximum absolute atomic E-state index is 4.96. The molecule has 4 aromatic carbocycles. The average Bonchev–Trinajstić information content (AvgIpc) is 3.14. The van der Waals surface area contributed by atoms with Gasteiger partial charge >= 0.3 is 0 Å². The van der Waals surface area contributed by atoms with Gasteiger partial charge in [-0.3, -0.25) is 0 Å². The highest BCUT2D eigenvalue weighted by Gasteiger charge is 2.13. The van der Waals surface area contributed by atoms with E-state index in [0.29, 0.717) is 0 Å². The largest absolute Gasteiger partial charge is 0.337 e. The fourth-order valence-electron chi connectivity index (χ4n) is 3.66. The van der Waals surface area contributed by atoms with Crippen LogP contribution in [0.1, 0.15) is 0 Å². The number of hydrogen-bond acceptors (Lipinski definition) is 1. The molecule has 0 amide bonds. The number of nitrogens with one attached hydrogen (secondary N) is 1. The van der Waals surface area contributed by atoms with Crippen LogP contribution in [0.15, 0.2) is 72.8 Å². The highest BCUT2D eigenvalue weighted by molar-refractivity contribution is 6.51. The number of aromatic nitrogens is 2. The summed E-state index contributed by atoms with van der Waals surface area (Å²) in [4.78, 5) is 8.53. The van der Waals surface area contributed by atoms with Crippen LogP contribution in [0.2, 0.25) is 6.82 Å². The number of nitrogens with zero attached hydrogens (tertiary/aromatic N) is 1. The molecule has 0 fully saturated rings. The molecule has 0 aliphatic rings.